The Morgan fingerprint density at radius 2 is 2.18 bits per heavy atom. The Balaban J connectivity index is 2.08. The normalized spacial score (nSPS) is 29.3. The van der Waals surface area contributed by atoms with Gasteiger partial charge in [0.2, 0.25) is 0 Å². The average molecular weight is 317 g/mol. The zero-order valence-corrected chi connectivity index (χ0v) is 12.5. The fourth-order valence-corrected chi connectivity index (χ4v) is 3.48. The Kier molecular flexibility index (Phi) is 4.51. The highest BCUT2D eigenvalue weighted by molar-refractivity contribution is 9.10. The molecule has 0 heterocycles. The van der Waals surface area contributed by atoms with Gasteiger partial charge < -0.3 is 5.73 Å². The average Bonchev–Trinajstić information content (AvgIpc) is 2.27. The Bertz CT molecular complexity index is 394. The lowest BCUT2D eigenvalue weighted by Gasteiger charge is -2.32. The smallest absolute Gasteiger partial charge is 0.0449 e. The zero-order chi connectivity index (χ0) is 12.4. The third kappa shape index (κ3) is 3.46. The van der Waals surface area contributed by atoms with Crippen LogP contribution in [-0.2, 0) is 6.42 Å². The summed E-state index contributed by atoms with van der Waals surface area (Å²) in [6.07, 6.45) is 4.66. The predicted molar refractivity (Wildman–Crippen MR) is 77.3 cm³/mol. The first-order valence-electron chi connectivity index (χ1n) is 6.25. The molecule has 3 atom stereocenters. The summed E-state index contributed by atoms with van der Waals surface area (Å²) in [7, 11) is 0. The van der Waals surface area contributed by atoms with Crippen molar-refractivity contribution in [1.82, 2.24) is 0 Å². The van der Waals surface area contributed by atoms with Crippen LogP contribution in [0.2, 0.25) is 5.02 Å². The Morgan fingerprint density at radius 1 is 1.41 bits per heavy atom. The van der Waals surface area contributed by atoms with E-state index in [4.69, 9.17) is 17.3 Å². The number of rotatable bonds is 2. The first-order chi connectivity index (χ1) is 8.06. The Labute approximate surface area is 117 Å². The molecule has 2 N–H and O–H groups in total. The van der Waals surface area contributed by atoms with E-state index in [1.807, 2.05) is 6.07 Å². The van der Waals surface area contributed by atoms with Gasteiger partial charge in [-0.3, -0.25) is 0 Å². The van der Waals surface area contributed by atoms with Gasteiger partial charge >= 0.3 is 0 Å². The van der Waals surface area contributed by atoms with Crippen LogP contribution >= 0.6 is 27.5 Å². The molecule has 1 aliphatic carbocycles. The van der Waals surface area contributed by atoms with Crippen LogP contribution in [0.5, 0.6) is 0 Å². The van der Waals surface area contributed by atoms with Crippen LogP contribution in [-0.4, -0.2) is 6.04 Å². The molecule has 3 unspecified atom stereocenters. The second-order valence-electron chi connectivity index (χ2n) is 5.28. The van der Waals surface area contributed by atoms with Crippen molar-refractivity contribution in [2.24, 2.45) is 17.6 Å². The van der Waals surface area contributed by atoms with Gasteiger partial charge in [-0.2, -0.15) is 0 Å². The summed E-state index contributed by atoms with van der Waals surface area (Å²) < 4.78 is 1.03. The molecule has 1 aromatic rings. The summed E-state index contributed by atoms with van der Waals surface area (Å²) in [5.41, 5.74) is 7.44. The van der Waals surface area contributed by atoms with E-state index in [1.54, 1.807) is 0 Å². The Hall–Kier alpha value is -0.0500. The lowest BCUT2D eigenvalue weighted by atomic mass is 9.76. The molecular formula is C14H19BrClN. The van der Waals surface area contributed by atoms with Crippen molar-refractivity contribution in [2.45, 2.75) is 38.6 Å². The minimum atomic E-state index is 0.339. The molecule has 1 saturated carbocycles. The van der Waals surface area contributed by atoms with E-state index in [2.05, 4.69) is 35.0 Å². The molecule has 1 fully saturated rings. The first kappa shape index (κ1) is 13.4. The van der Waals surface area contributed by atoms with Crippen molar-refractivity contribution < 1.29 is 0 Å². The van der Waals surface area contributed by atoms with E-state index in [0.29, 0.717) is 12.0 Å². The van der Waals surface area contributed by atoms with Crippen molar-refractivity contribution in [1.29, 1.82) is 0 Å². The van der Waals surface area contributed by atoms with Gasteiger partial charge in [-0.25, -0.2) is 0 Å². The topological polar surface area (TPSA) is 26.0 Å². The highest BCUT2D eigenvalue weighted by atomic mass is 79.9. The molecule has 0 saturated heterocycles. The number of hydrogen-bond donors (Lipinski definition) is 1. The highest BCUT2D eigenvalue weighted by Crippen LogP contribution is 2.32. The van der Waals surface area contributed by atoms with Crippen LogP contribution in [0.4, 0.5) is 0 Å². The molecule has 0 spiro atoms. The third-order valence-electron chi connectivity index (χ3n) is 3.80. The summed E-state index contributed by atoms with van der Waals surface area (Å²) in [5, 5.41) is 0.852. The number of hydrogen-bond acceptors (Lipinski definition) is 1. The van der Waals surface area contributed by atoms with Crippen LogP contribution < -0.4 is 5.73 Å². The molecule has 0 amide bonds. The molecule has 0 aromatic heterocycles. The number of nitrogens with two attached hydrogens (primary N) is 1. The molecule has 1 aliphatic rings. The van der Waals surface area contributed by atoms with Gasteiger partial charge in [0.25, 0.3) is 0 Å². The van der Waals surface area contributed by atoms with Gasteiger partial charge in [-0.1, -0.05) is 40.5 Å². The lowest BCUT2D eigenvalue weighted by molar-refractivity contribution is 0.245. The lowest BCUT2D eigenvalue weighted by Crippen LogP contribution is -2.36. The molecule has 0 bridgehead atoms. The van der Waals surface area contributed by atoms with E-state index in [-0.39, 0.29) is 0 Å². The van der Waals surface area contributed by atoms with Gasteiger partial charge in [0.05, 0.1) is 0 Å². The van der Waals surface area contributed by atoms with Crippen molar-refractivity contribution in [3.05, 3.63) is 33.3 Å². The van der Waals surface area contributed by atoms with E-state index < -0.39 is 0 Å². The van der Waals surface area contributed by atoms with Crippen LogP contribution in [0.1, 0.15) is 31.7 Å². The maximum absolute atomic E-state index is 6.26. The quantitative estimate of drug-likeness (QED) is 0.859. The summed E-state index contributed by atoms with van der Waals surface area (Å²) >= 11 is 9.70. The monoisotopic (exact) mass is 315 g/mol. The first-order valence-corrected chi connectivity index (χ1v) is 7.43. The molecule has 0 radical (unpaired) electrons. The summed E-state index contributed by atoms with van der Waals surface area (Å²) in [6.45, 7) is 2.32. The van der Waals surface area contributed by atoms with Gasteiger partial charge in [0.15, 0.2) is 0 Å². The zero-order valence-electron chi connectivity index (χ0n) is 10.1. The Morgan fingerprint density at radius 3 is 2.88 bits per heavy atom. The van der Waals surface area contributed by atoms with Crippen molar-refractivity contribution in [3.63, 3.8) is 0 Å². The predicted octanol–water partition coefficient (Wildman–Crippen LogP) is 4.41. The SMILES string of the molecule is CC1CCC(N)C(Cc2ccc(Br)cc2Cl)C1. The minimum absolute atomic E-state index is 0.339. The van der Waals surface area contributed by atoms with E-state index in [0.717, 1.165) is 28.3 Å². The van der Waals surface area contributed by atoms with Gasteiger partial charge in [-0.15, -0.1) is 0 Å². The van der Waals surface area contributed by atoms with Gasteiger partial charge in [-0.05, 0) is 55.2 Å². The van der Waals surface area contributed by atoms with Crippen molar-refractivity contribution >= 4 is 27.5 Å². The molecule has 0 aliphatic heterocycles. The van der Waals surface area contributed by atoms with Crippen molar-refractivity contribution in [3.8, 4) is 0 Å². The fraction of sp³-hybridized carbons (Fsp3) is 0.571. The van der Waals surface area contributed by atoms with Crippen LogP contribution in [0.25, 0.3) is 0 Å². The largest absolute Gasteiger partial charge is 0.327 e. The minimum Gasteiger partial charge on any atom is -0.327 e. The fourth-order valence-electron chi connectivity index (χ4n) is 2.73. The van der Waals surface area contributed by atoms with Gasteiger partial charge in [0, 0.05) is 15.5 Å². The molecule has 1 aromatic carbocycles. The second-order valence-corrected chi connectivity index (χ2v) is 6.60. The summed E-state index contributed by atoms with van der Waals surface area (Å²) in [4.78, 5) is 0. The maximum Gasteiger partial charge on any atom is 0.0449 e. The van der Waals surface area contributed by atoms with E-state index in [1.165, 1.54) is 18.4 Å². The standard InChI is InChI=1S/C14H19BrClN/c1-9-2-5-14(17)11(6-9)7-10-3-4-12(15)8-13(10)16/h3-4,8-9,11,14H,2,5-7,17H2,1H3. The third-order valence-corrected chi connectivity index (χ3v) is 4.65. The van der Waals surface area contributed by atoms with Gasteiger partial charge in [0.1, 0.15) is 0 Å². The van der Waals surface area contributed by atoms with Crippen LogP contribution in [0.15, 0.2) is 22.7 Å². The summed E-state index contributed by atoms with van der Waals surface area (Å²) in [6, 6.07) is 6.47. The molecule has 17 heavy (non-hydrogen) atoms. The van der Waals surface area contributed by atoms with Crippen LogP contribution in [0, 0.1) is 11.8 Å². The van der Waals surface area contributed by atoms with E-state index >= 15 is 0 Å². The number of benzene rings is 1. The summed E-state index contributed by atoms with van der Waals surface area (Å²) in [5.74, 6) is 1.38. The second kappa shape index (κ2) is 5.73. The highest BCUT2D eigenvalue weighted by Gasteiger charge is 2.26. The van der Waals surface area contributed by atoms with Crippen molar-refractivity contribution in [2.75, 3.05) is 0 Å². The van der Waals surface area contributed by atoms with E-state index in [9.17, 15) is 0 Å². The molecule has 1 nitrogen and oxygen atoms in total. The molecule has 3 heteroatoms. The molecule has 2 rings (SSSR count). The number of halogens is 2. The maximum atomic E-state index is 6.26. The van der Waals surface area contributed by atoms with Crippen LogP contribution in [0.3, 0.4) is 0 Å². The molecular weight excluding hydrogens is 298 g/mol. The molecule has 94 valence electrons.